The fraction of sp³-hybridized carbons (Fsp3) is 0.800. The summed E-state index contributed by atoms with van der Waals surface area (Å²) in [5, 5.41) is 0.986. The summed E-state index contributed by atoms with van der Waals surface area (Å²) >= 11 is 3.42. The molecule has 0 nitrogen and oxygen atoms in total. The number of hydrogen-bond donors (Lipinski definition) is 0. The van der Waals surface area contributed by atoms with Crippen LogP contribution in [0.15, 0.2) is 12.2 Å². The Hall–Kier alpha value is 0.220. The van der Waals surface area contributed by atoms with Gasteiger partial charge in [-0.1, -0.05) is 53.8 Å². The van der Waals surface area contributed by atoms with Crippen molar-refractivity contribution in [2.45, 2.75) is 38.5 Å². The van der Waals surface area contributed by atoms with E-state index in [2.05, 4.69) is 22.5 Å². The van der Waals surface area contributed by atoms with Gasteiger partial charge in [0.15, 0.2) is 0 Å². The van der Waals surface area contributed by atoms with Gasteiger partial charge in [-0.15, -0.1) is 0 Å². The van der Waals surface area contributed by atoms with Crippen LogP contribution in [0.2, 0.25) is 0 Å². The van der Waals surface area contributed by atoms with Crippen LogP contribution < -0.4 is 0 Å². The fourth-order valence-electron chi connectivity index (χ4n) is 1.77. The minimum Gasteiger partial charge on any atom is -0.0990 e. The van der Waals surface area contributed by atoms with E-state index in [4.69, 9.17) is 0 Å². The molecule has 0 aliphatic heterocycles. The summed E-state index contributed by atoms with van der Waals surface area (Å²) in [6, 6.07) is 0. The Labute approximate surface area is 78.2 Å². The molecule has 1 fully saturated rings. The third-order valence-corrected chi connectivity index (χ3v) is 3.36. The van der Waals surface area contributed by atoms with Gasteiger partial charge in [0.1, 0.15) is 0 Å². The summed E-state index contributed by atoms with van der Waals surface area (Å²) in [5.41, 5.74) is 1.36. The third kappa shape index (κ3) is 3.42. The van der Waals surface area contributed by atoms with Crippen molar-refractivity contribution in [3.05, 3.63) is 12.2 Å². The van der Waals surface area contributed by atoms with Crippen LogP contribution in [0.25, 0.3) is 0 Å². The van der Waals surface area contributed by atoms with Crippen molar-refractivity contribution in [2.24, 2.45) is 5.92 Å². The summed E-state index contributed by atoms with van der Waals surface area (Å²) in [4.78, 5) is 0. The van der Waals surface area contributed by atoms with Crippen LogP contribution in [-0.2, 0) is 0 Å². The van der Waals surface area contributed by atoms with E-state index < -0.39 is 0 Å². The third-order valence-electron chi connectivity index (χ3n) is 2.57. The molecule has 0 N–H and O–H groups in total. The normalized spacial score (nSPS) is 19.0. The lowest BCUT2D eigenvalue weighted by atomic mass is 9.99. The Balaban J connectivity index is 2.06. The van der Waals surface area contributed by atoms with E-state index in [9.17, 15) is 0 Å². The Morgan fingerprint density at radius 3 is 2.55 bits per heavy atom. The molecule has 0 spiro atoms. The molecule has 64 valence electrons. The Kier molecular flexibility index (Phi) is 4.21. The van der Waals surface area contributed by atoms with Crippen molar-refractivity contribution in [2.75, 3.05) is 5.33 Å². The van der Waals surface area contributed by atoms with Crippen molar-refractivity contribution in [1.82, 2.24) is 0 Å². The molecular formula is C10H17Br. The number of hydrogen-bond acceptors (Lipinski definition) is 0. The van der Waals surface area contributed by atoms with Gasteiger partial charge in [-0.05, 0) is 18.8 Å². The number of allylic oxidation sites excluding steroid dienone is 1. The molecule has 0 aromatic heterocycles. The molecular weight excluding hydrogens is 200 g/mol. The van der Waals surface area contributed by atoms with Crippen LogP contribution in [0, 0.1) is 5.92 Å². The minimum atomic E-state index is 0.986. The lowest BCUT2D eigenvalue weighted by molar-refractivity contribution is 0.503. The Morgan fingerprint density at radius 1 is 1.36 bits per heavy atom. The van der Waals surface area contributed by atoms with Crippen molar-refractivity contribution in [3.63, 3.8) is 0 Å². The van der Waals surface area contributed by atoms with E-state index in [0.717, 1.165) is 11.2 Å². The maximum Gasteiger partial charge on any atom is 0.0239 e. The highest BCUT2D eigenvalue weighted by atomic mass is 79.9. The SMILES string of the molecule is C=C(CBr)CCC1CCCC1. The van der Waals surface area contributed by atoms with Gasteiger partial charge in [-0.2, -0.15) is 0 Å². The molecule has 1 aliphatic rings. The maximum atomic E-state index is 3.99. The lowest BCUT2D eigenvalue weighted by Gasteiger charge is -2.08. The van der Waals surface area contributed by atoms with Crippen molar-refractivity contribution in [1.29, 1.82) is 0 Å². The second-order valence-electron chi connectivity index (χ2n) is 3.57. The molecule has 0 radical (unpaired) electrons. The zero-order valence-electron chi connectivity index (χ0n) is 7.11. The highest BCUT2D eigenvalue weighted by Gasteiger charge is 2.14. The van der Waals surface area contributed by atoms with Gasteiger partial charge >= 0.3 is 0 Å². The van der Waals surface area contributed by atoms with Crippen LogP contribution in [0.3, 0.4) is 0 Å². The van der Waals surface area contributed by atoms with Gasteiger partial charge in [0.2, 0.25) is 0 Å². The van der Waals surface area contributed by atoms with Crippen molar-refractivity contribution < 1.29 is 0 Å². The molecule has 0 atom stereocenters. The average Bonchev–Trinajstić information content (AvgIpc) is 2.52. The van der Waals surface area contributed by atoms with E-state index in [1.165, 1.54) is 44.1 Å². The van der Waals surface area contributed by atoms with Crippen molar-refractivity contribution >= 4 is 15.9 Å². The molecule has 0 amide bonds. The Bertz CT molecular complexity index is 123. The molecule has 1 heteroatoms. The minimum absolute atomic E-state index is 0.986. The predicted octanol–water partition coefficient (Wildman–Crippen LogP) is 3.91. The summed E-state index contributed by atoms with van der Waals surface area (Å²) < 4.78 is 0. The zero-order valence-corrected chi connectivity index (χ0v) is 8.70. The standard InChI is InChI=1S/C10H17Br/c1-9(8-11)6-7-10-4-2-3-5-10/h10H,1-8H2. The van der Waals surface area contributed by atoms with Crippen LogP contribution >= 0.6 is 15.9 Å². The quantitative estimate of drug-likeness (QED) is 0.494. The topological polar surface area (TPSA) is 0 Å². The van der Waals surface area contributed by atoms with E-state index in [1.807, 2.05) is 0 Å². The van der Waals surface area contributed by atoms with Crippen LogP contribution in [0.5, 0.6) is 0 Å². The predicted molar refractivity (Wildman–Crippen MR) is 54.1 cm³/mol. The van der Waals surface area contributed by atoms with Gasteiger partial charge in [-0.25, -0.2) is 0 Å². The monoisotopic (exact) mass is 216 g/mol. The summed E-state index contributed by atoms with van der Waals surface area (Å²) in [5.74, 6) is 1.02. The van der Waals surface area contributed by atoms with Gasteiger partial charge < -0.3 is 0 Å². The first kappa shape index (κ1) is 9.31. The molecule has 11 heavy (non-hydrogen) atoms. The molecule has 1 aliphatic carbocycles. The van der Waals surface area contributed by atoms with Crippen LogP contribution in [0.4, 0.5) is 0 Å². The molecule has 0 aromatic carbocycles. The second kappa shape index (κ2) is 4.97. The van der Waals surface area contributed by atoms with Gasteiger partial charge in [0.25, 0.3) is 0 Å². The highest BCUT2D eigenvalue weighted by molar-refractivity contribution is 9.09. The summed E-state index contributed by atoms with van der Waals surface area (Å²) in [7, 11) is 0. The Morgan fingerprint density at radius 2 is 2.00 bits per heavy atom. The first-order chi connectivity index (χ1) is 5.33. The van der Waals surface area contributed by atoms with Crippen molar-refractivity contribution in [3.8, 4) is 0 Å². The average molecular weight is 217 g/mol. The molecule has 0 aromatic rings. The number of halogens is 1. The van der Waals surface area contributed by atoms with E-state index >= 15 is 0 Å². The number of alkyl halides is 1. The largest absolute Gasteiger partial charge is 0.0990 e. The van der Waals surface area contributed by atoms with Crippen LogP contribution in [-0.4, -0.2) is 5.33 Å². The molecule has 0 bridgehead atoms. The molecule has 0 saturated heterocycles. The lowest BCUT2D eigenvalue weighted by Crippen LogP contribution is -1.94. The second-order valence-corrected chi connectivity index (χ2v) is 4.13. The smallest absolute Gasteiger partial charge is 0.0239 e. The fourth-order valence-corrected chi connectivity index (χ4v) is 2.05. The molecule has 0 heterocycles. The highest BCUT2D eigenvalue weighted by Crippen LogP contribution is 2.29. The van der Waals surface area contributed by atoms with Crippen LogP contribution in [0.1, 0.15) is 38.5 Å². The zero-order chi connectivity index (χ0) is 8.10. The number of rotatable bonds is 4. The molecule has 1 saturated carbocycles. The molecule has 0 unspecified atom stereocenters. The van der Waals surface area contributed by atoms with E-state index in [0.29, 0.717) is 0 Å². The first-order valence-electron chi connectivity index (χ1n) is 4.55. The van der Waals surface area contributed by atoms with Gasteiger partial charge in [0.05, 0.1) is 0 Å². The molecule has 1 rings (SSSR count). The summed E-state index contributed by atoms with van der Waals surface area (Å²) in [6.07, 6.45) is 8.47. The van der Waals surface area contributed by atoms with Gasteiger partial charge in [-0.3, -0.25) is 0 Å². The first-order valence-corrected chi connectivity index (χ1v) is 5.67. The van der Waals surface area contributed by atoms with Gasteiger partial charge in [0, 0.05) is 5.33 Å². The maximum absolute atomic E-state index is 3.99. The van der Waals surface area contributed by atoms with E-state index in [1.54, 1.807) is 0 Å². The summed E-state index contributed by atoms with van der Waals surface area (Å²) in [6.45, 7) is 3.99. The van der Waals surface area contributed by atoms with E-state index in [-0.39, 0.29) is 0 Å².